The Morgan fingerprint density at radius 2 is 1.91 bits per heavy atom. The standard InChI is InChI=1S/C15H18ClN5O/c1-11-13(10-18-19(11)2)15(22)21-7-5-20(6-8-21)14-4-3-12(16)9-17-14/h3-4,9-10H,5-8H2,1-2H3. The molecule has 1 amide bonds. The zero-order valence-corrected chi connectivity index (χ0v) is 13.4. The quantitative estimate of drug-likeness (QED) is 0.846. The van der Waals surface area contributed by atoms with Crippen molar-refractivity contribution in [2.45, 2.75) is 6.92 Å². The minimum Gasteiger partial charge on any atom is -0.353 e. The molecule has 0 radical (unpaired) electrons. The van der Waals surface area contributed by atoms with Crippen molar-refractivity contribution in [3.05, 3.63) is 40.8 Å². The van der Waals surface area contributed by atoms with Crippen molar-refractivity contribution < 1.29 is 4.79 Å². The minimum absolute atomic E-state index is 0.0503. The molecule has 0 saturated carbocycles. The van der Waals surface area contributed by atoms with Gasteiger partial charge in [0.25, 0.3) is 5.91 Å². The SMILES string of the molecule is Cc1c(C(=O)N2CCN(c3ccc(Cl)cn3)CC2)cnn1C. The van der Waals surface area contributed by atoms with Crippen LogP contribution in [0.5, 0.6) is 0 Å². The molecule has 3 heterocycles. The molecular formula is C15H18ClN5O. The summed E-state index contributed by atoms with van der Waals surface area (Å²) in [4.78, 5) is 20.9. The lowest BCUT2D eigenvalue weighted by atomic mass is 10.2. The van der Waals surface area contributed by atoms with Crippen LogP contribution in [0.1, 0.15) is 16.1 Å². The number of halogens is 1. The summed E-state index contributed by atoms with van der Waals surface area (Å²) in [6, 6.07) is 3.74. The first kappa shape index (κ1) is 14.8. The first-order valence-electron chi connectivity index (χ1n) is 7.20. The molecule has 1 saturated heterocycles. The van der Waals surface area contributed by atoms with Gasteiger partial charge in [-0.05, 0) is 19.1 Å². The summed E-state index contributed by atoms with van der Waals surface area (Å²) < 4.78 is 1.72. The number of aryl methyl sites for hydroxylation is 1. The lowest BCUT2D eigenvalue weighted by Gasteiger charge is -2.35. The number of pyridine rings is 1. The average Bonchev–Trinajstić information content (AvgIpc) is 2.87. The lowest BCUT2D eigenvalue weighted by Crippen LogP contribution is -2.49. The molecule has 1 aliphatic heterocycles. The van der Waals surface area contributed by atoms with Crippen molar-refractivity contribution in [1.29, 1.82) is 0 Å². The van der Waals surface area contributed by atoms with Gasteiger partial charge in [0.1, 0.15) is 5.82 Å². The van der Waals surface area contributed by atoms with E-state index in [1.807, 2.05) is 31.0 Å². The Morgan fingerprint density at radius 1 is 1.18 bits per heavy atom. The number of hydrogen-bond donors (Lipinski definition) is 0. The van der Waals surface area contributed by atoms with Crippen LogP contribution >= 0.6 is 11.6 Å². The summed E-state index contributed by atoms with van der Waals surface area (Å²) >= 11 is 5.86. The van der Waals surface area contributed by atoms with E-state index < -0.39 is 0 Å². The summed E-state index contributed by atoms with van der Waals surface area (Å²) in [6.07, 6.45) is 3.29. The van der Waals surface area contributed by atoms with Gasteiger partial charge in [0, 0.05) is 45.1 Å². The molecule has 0 aliphatic carbocycles. The zero-order chi connectivity index (χ0) is 15.7. The van der Waals surface area contributed by atoms with E-state index in [4.69, 9.17) is 11.6 Å². The molecule has 116 valence electrons. The van der Waals surface area contributed by atoms with Crippen LogP contribution in [-0.2, 0) is 7.05 Å². The van der Waals surface area contributed by atoms with Crippen LogP contribution < -0.4 is 4.90 Å². The number of piperazine rings is 1. The fourth-order valence-electron chi connectivity index (χ4n) is 2.57. The van der Waals surface area contributed by atoms with E-state index >= 15 is 0 Å². The molecule has 0 aromatic carbocycles. The van der Waals surface area contributed by atoms with Crippen LogP contribution in [0.15, 0.2) is 24.5 Å². The van der Waals surface area contributed by atoms with Crippen LogP contribution in [0.25, 0.3) is 0 Å². The maximum absolute atomic E-state index is 12.5. The second-order valence-electron chi connectivity index (χ2n) is 5.38. The molecule has 0 N–H and O–H groups in total. The van der Waals surface area contributed by atoms with Crippen LogP contribution in [0.4, 0.5) is 5.82 Å². The number of aromatic nitrogens is 3. The van der Waals surface area contributed by atoms with E-state index in [0.717, 1.165) is 24.6 Å². The van der Waals surface area contributed by atoms with E-state index in [9.17, 15) is 4.79 Å². The number of carbonyl (C=O) groups excluding carboxylic acids is 1. The summed E-state index contributed by atoms with van der Waals surface area (Å²) in [6.45, 7) is 4.79. The summed E-state index contributed by atoms with van der Waals surface area (Å²) in [5, 5.41) is 4.77. The average molecular weight is 320 g/mol. The molecule has 0 unspecified atom stereocenters. The Labute approximate surface area is 134 Å². The highest BCUT2D eigenvalue weighted by Gasteiger charge is 2.24. The van der Waals surface area contributed by atoms with Gasteiger partial charge in [0.05, 0.1) is 16.8 Å². The second kappa shape index (κ2) is 5.96. The Bertz CT molecular complexity index is 674. The molecule has 0 bridgehead atoms. The van der Waals surface area contributed by atoms with Crippen LogP contribution in [-0.4, -0.2) is 51.8 Å². The van der Waals surface area contributed by atoms with Crippen LogP contribution in [0.2, 0.25) is 5.02 Å². The van der Waals surface area contributed by atoms with Gasteiger partial charge in [-0.25, -0.2) is 4.98 Å². The van der Waals surface area contributed by atoms with E-state index in [0.29, 0.717) is 23.7 Å². The Morgan fingerprint density at radius 3 is 2.45 bits per heavy atom. The summed E-state index contributed by atoms with van der Waals surface area (Å²) in [5.41, 5.74) is 1.58. The Kier molecular flexibility index (Phi) is 4.02. The number of nitrogens with zero attached hydrogens (tertiary/aromatic N) is 5. The van der Waals surface area contributed by atoms with E-state index in [-0.39, 0.29) is 5.91 Å². The highest BCUT2D eigenvalue weighted by atomic mass is 35.5. The van der Waals surface area contributed by atoms with Crippen LogP contribution in [0.3, 0.4) is 0 Å². The molecular weight excluding hydrogens is 302 g/mol. The molecule has 2 aromatic rings. The molecule has 6 nitrogen and oxygen atoms in total. The van der Waals surface area contributed by atoms with Crippen molar-refractivity contribution in [2.75, 3.05) is 31.1 Å². The van der Waals surface area contributed by atoms with Crippen molar-refractivity contribution in [3.63, 3.8) is 0 Å². The van der Waals surface area contributed by atoms with E-state index in [1.54, 1.807) is 17.1 Å². The van der Waals surface area contributed by atoms with Gasteiger partial charge in [-0.15, -0.1) is 0 Å². The third-order valence-electron chi connectivity index (χ3n) is 4.07. The number of carbonyl (C=O) groups is 1. The molecule has 0 atom stereocenters. The number of hydrogen-bond acceptors (Lipinski definition) is 4. The number of rotatable bonds is 2. The Hall–Kier alpha value is -2.08. The van der Waals surface area contributed by atoms with Gasteiger partial charge >= 0.3 is 0 Å². The first-order chi connectivity index (χ1) is 10.6. The minimum atomic E-state index is 0.0503. The monoisotopic (exact) mass is 319 g/mol. The third kappa shape index (κ3) is 2.78. The molecule has 22 heavy (non-hydrogen) atoms. The van der Waals surface area contributed by atoms with Gasteiger partial charge in [-0.2, -0.15) is 5.10 Å². The van der Waals surface area contributed by atoms with Crippen LogP contribution in [0, 0.1) is 6.92 Å². The molecule has 0 spiro atoms. The molecule has 7 heteroatoms. The maximum atomic E-state index is 12.5. The fraction of sp³-hybridized carbons (Fsp3) is 0.400. The summed E-state index contributed by atoms with van der Waals surface area (Å²) in [5.74, 6) is 0.948. The predicted molar refractivity (Wildman–Crippen MR) is 85.3 cm³/mol. The van der Waals surface area contributed by atoms with E-state index in [1.165, 1.54) is 0 Å². The predicted octanol–water partition coefficient (Wildman–Crippen LogP) is 1.74. The fourth-order valence-corrected chi connectivity index (χ4v) is 2.68. The largest absolute Gasteiger partial charge is 0.353 e. The van der Waals surface area contributed by atoms with E-state index in [2.05, 4.69) is 15.0 Å². The van der Waals surface area contributed by atoms with Crippen molar-refractivity contribution in [2.24, 2.45) is 7.05 Å². The summed E-state index contributed by atoms with van der Waals surface area (Å²) in [7, 11) is 1.84. The molecule has 3 rings (SSSR count). The number of anilines is 1. The van der Waals surface area contributed by atoms with Gasteiger partial charge in [0.2, 0.25) is 0 Å². The lowest BCUT2D eigenvalue weighted by molar-refractivity contribution is 0.0745. The molecule has 1 aliphatic rings. The van der Waals surface area contributed by atoms with Crippen molar-refractivity contribution in [1.82, 2.24) is 19.7 Å². The zero-order valence-electron chi connectivity index (χ0n) is 12.7. The van der Waals surface area contributed by atoms with Gasteiger partial charge in [-0.3, -0.25) is 9.48 Å². The first-order valence-corrected chi connectivity index (χ1v) is 7.58. The van der Waals surface area contributed by atoms with Gasteiger partial charge in [0.15, 0.2) is 0 Å². The third-order valence-corrected chi connectivity index (χ3v) is 4.29. The van der Waals surface area contributed by atoms with Crippen molar-refractivity contribution >= 4 is 23.3 Å². The highest BCUT2D eigenvalue weighted by molar-refractivity contribution is 6.30. The molecule has 1 fully saturated rings. The number of amides is 1. The highest BCUT2D eigenvalue weighted by Crippen LogP contribution is 2.17. The maximum Gasteiger partial charge on any atom is 0.257 e. The Balaban J connectivity index is 1.65. The van der Waals surface area contributed by atoms with Crippen molar-refractivity contribution in [3.8, 4) is 0 Å². The normalized spacial score (nSPS) is 15.2. The second-order valence-corrected chi connectivity index (χ2v) is 5.82. The topological polar surface area (TPSA) is 54.3 Å². The van der Waals surface area contributed by atoms with Gasteiger partial charge < -0.3 is 9.80 Å². The smallest absolute Gasteiger partial charge is 0.257 e. The van der Waals surface area contributed by atoms with Gasteiger partial charge in [-0.1, -0.05) is 11.6 Å². The molecule has 2 aromatic heterocycles.